The van der Waals surface area contributed by atoms with E-state index in [4.69, 9.17) is 11.5 Å². The van der Waals surface area contributed by atoms with E-state index in [-0.39, 0.29) is 12.0 Å². The van der Waals surface area contributed by atoms with Gasteiger partial charge in [-0.3, -0.25) is 5.10 Å². The van der Waals surface area contributed by atoms with Crippen molar-refractivity contribution >= 4 is 5.95 Å². The van der Waals surface area contributed by atoms with Gasteiger partial charge in [-0.15, -0.1) is 5.10 Å². The Hall–Kier alpha value is -1.10. The number of nitrogens with two attached hydrogens (primary N) is 2. The lowest BCUT2D eigenvalue weighted by molar-refractivity contribution is 0.604. The van der Waals surface area contributed by atoms with Crippen LogP contribution in [-0.2, 0) is 0 Å². The highest BCUT2D eigenvalue weighted by Crippen LogP contribution is 2.10. The van der Waals surface area contributed by atoms with Crippen molar-refractivity contribution in [1.82, 2.24) is 15.2 Å². The van der Waals surface area contributed by atoms with Crippen molar-refractivity contribution in [2.75, 3.05) is 5.73 Å². The van der Waals surface area contributed by atoms with Crippen LogP contribution < -0.4 is 11.5 Å². The lowest BCUT2D eigenvalue weighted by Crippen LogP contribution is -2.11. The molecule has 0 aliphatic heterocycles. The summed E-state index contributed by atoms with van der Waals surface area (Å²) < 4.78 is 0. The van der Waals surface area contributed by atoms with E-state index in [0.717, 1.165) is 12.8 Å². The maximum Gasteiger partial charge on any atom is 0.239 e. The van der Waals surface area contributed by atoms with Gasteiger partial charge in [-0.05, 0) is 6.42 Å². The number of aromatic amines is 1. The van der Waals surface area contributed by atoms with E-state index in [0.29, 0.717) is 5.82 Å². The number of H-pyrrole nitrogens is 1. The van der Waals surface area contributed by atoms with E-state index in [1.165, 1.54) is 0 Å². The van der Waals surface area contributed by atoms with Crippen LogP contribution in [-0.4, -0.2) is 15.2 Å². The average molecular weight is 155 g/mol. The molecule has 0 bridgehead atoms. The topological polar surface area (TPSA) is 93.6 Å². The second-order valence-corrected chi connectivity index (χ2v) is 2.47. The van der Waals surface area contributed by atoms with Crippen LogP contribution in [0.25, 0.3) is 0 Å². The summed E-state index contributed by atoms with van der Waals surface area (Å²) in [5.41, 5.74) is 11.0. The van der Waals surface area contributed by atoms with E-state index in [2.05, 4.69) is 22.1 Å². The summed E-state index contributed by atoms with van der Waals surface area (Å²) in [7, 11) is 0. The normalized spacial score (nSPS) is 13.3. The fourth-order valence-corrected chi connectivity index (χ4v) is 0.902. The van der Waals surface area contributed by atoms with Crippen LogP contribution in [0.15, 0.2) is 0 Å². The molecule has 1 aromatic rings. The van der Waals surface area contributed by atoms with Crippen LogP contribution in [0.5, 0.6) is 0 Å². The lowest BCUT2D eigenvalue weighted by Gasteiger charge is -2.03. The summed E-state index contributed by atoms with van der Waals surface area (Å²) in [4.78, 5) is 3.92. The molecule has 0 amide bonds. The molecule has 1 heterocycles. The minimum absolute atomic E-state index is 0.0650. The van der Waals surface area contributed by atoms with Crippen molar-refractivity contribution in [3.63, 3.8) is 0 Å². The number of nitrogens with zero attached hydrogens (tertiary/aromatic N) is 2. The minimum Gasteiger partial charge on any atom is -0.367 e. The van der Waals surface area contributed by atoms with Crippen molar-refractivity contribution in [1.29, 1.82) is 0 Å². The predicted molar refractivity (Wildman–Crippen MR) is 42.6 cm³/mol. The molecule has 62 valence electrons. The summed E-state index contributed by atoms with van der Waals surface area (Å²) in [6, 6.07) is -0.0650. The highest BCUT2D eigenvalue weighted by atomic mass is 15.3. The quantitative estimate of drug-likeness (QED) is 0.580. The number of nitrogen functional groups attached to an aromatic ring is 1. The summed E-state index contributed by atoms with van der Waals surface area (Å²) in [6.45, 7) is 2.07. The Kier molecular flexibility index (Phi) is 2.43. The van der Waals surface area contributed by atoms with Gasteiger partial charge in [0.2, 0.25) is 5.95 Å². The molecule has 1 atom stereocenters. The third-order valence-electron chi connectivity index (χ3n) is 1.47. The Morgan fingerprint density at radius 1 is 1.64 bits per heavy atom. The molecule has 0 fully saturated rings. The van der Waals surface area contributed by atoms with Gasteiger partial charge in [0.15, 0.2) is 0 Å². The fraction of sp³-hybridized carbons (Fsp3) is 0.667. The SMILES string of the molecule is CCCC(N)c1nc(N)n[nH]1. The van der Waals surface area contributed by atoms with Crippen LogP contribution >= 0.6 is 0 Å². The van der Waals surface area contributed by atoms with Gasteiger partial charge >= 0.3 is 0 Å². The Morgan fingerprint density at radius 2 is 2.36 bits per heavy atom. The minimum atomic E-state index is -0.0650. The van der Waals surface area contributed by atoms with E-state index in [1.54, 1.807) is 0 Å². The Balaban J connectivity index is 2.60. The third-order valence-corrected chi connectivity index (χ3v) is 1.47. The molecular formula is C6H13N5. The van der Waals surface area contributed by atoms with Gasteiger partial charge in [0, 0.05) is 0 Å². The summed E-state index contributed by atoms with van der Waals surface area (Å²) in [5, 5.41) is 6.36. The number of nitrogens with one attached hydrogen (secondary N) is 1. The Morgan fingerprint density at radius 3 is 2.82 bits per heavy atom. The summed E-state index contributed by atoms with van der Waals surface area (Å²) in [6.07, 6.45) is 1.93. The molecule has 1 rings (SSSR count). The zero-order chi connectivity index (χ0) is 8.27. The largest absolute Gasteiger partial charge is 0.367 e. The summed E-state index contributed by atoms with van der Waals surface area (Å²) >= 11 is 0. The van der Waals surface area contributed by atoms with Gasteiger partial charge < -0.3 is 11.5 Å². The molecule has 0 aliphatic carbocycles. The number of aromatic nitrogens is 3. The van der Waals surface area contributed by atoms with E-state index in [9.17, 15) is 0 Å². The van der Waals surface area contributed by atoms with Gasteiger partial charge in [0.1, 0.15) is 5.82 Å². The molecule has 0 aromatic carbocycles. The van der Waals surface area contributed by atoms with Crippen LogP contribution in [0.3, 0.4) is 0 Å². The molecule has 1 unspecified atom stereocenters. The molecule has 5 N–H and O–H groups in total. The molecule has 0 saturated carbocycles. The first kappa shape index (κ1) is 8.00. The Labute approximate surface area is 65.2 Å². The first-order chi connectivity index (χ1) is 5.24. The van der Waals surface area contributed by atoms with Gasteiger partial charge in [-0.2, -0.15) is 4.98 Å². The molecule has 5 nitrogen and oxygen atoms in total. The zero-order valence-corrected chi connectivity index (χ0v) is 6.54. The standard InChI is InChI=1S/C6H13N5/c1-2-3-4(7)5-9-6(8)11-10-5/h4H,2-3,7H2,1H3,(H3,8,9,10,11). The van der Waals surface area contributed by atoms with Gasteiger partial charge in [0.05, 0.1) is 6.04 Å². The van der Waals surface area contributed by atoms with Crippen molar-refractivity contribution < 1.29 is 0 Å². The van der Waals surface area contributed by atoms with Crippen molar-refractivity contribution in [2.45, 2.75) is 25.8 Å². The van der Waals surface area contributed by atoms with Gasteiger partial charge in [-0.1, -0.05) is 13.3 Å². The fourth-order valence-electron chi connectivity index (χ4n) is 0.902. The predicted octanol–water partition coefficient (Wildman–Crippen LogP) is 0.187. The second kappa shape index (κ2) is 3.34. The lowest BCUT2D eigenvalue weighted by atomic mass is 10.2. The smallest absolute Gasteiger partial charge is 0.239 e. The molecule has 11 heavy (non-hydrogen) atoms. The highest BCUT2D eigenvalue weighted by molar-refractivity contribution is 5.13. The van der Waals surface area contributed by atoms with Crippen LogP contribution in [0.1, 0.15) is 31.6 Å². The highest BCUT2D eigenvalue weighted by Gasteiger charge is 2.08. The van der Waals surface area contributed by atoms with Crippen molar-refractivity contribution in [3.8, 4) is 0 Å². The monoisotopic (exact) mass is 155 g/mol. The molecule has 0 spiro atoms. The number of hydrogen-bond acceptors (Lipinski definition) is 4. The maximum absolute atomic E-state index is 5.73. The van der Waals surface area contributed by atoms with Gasteiger partial charge in [0.25, 0.3) is 0 Å². The number of rotatable bonds is 3. The van der Waals surface area contributed by atoms with Gasteiger partial charge in [-0.25, -0.2) is 0 Å². The average Bonchev–Trinajstić information content (AvgIpc) is 2.36. The van der Waals surface area contributed by atoms with E-state index >= 15 is 0 Å². The second-order valence-electron chi connectivity index (χ2n) is 2.47. The molecule has 5 heteroatoms. The third kappa shape index (κ3) is 1.91. The first-order valence-corrected chi connectivity index (χ1v) is 3.67. The van der Waals surface area contributed by atoms with Crippen LogP contribution in [0.2, 0.25) is 0 Å². The number of anilines is 1. The molecule has 1 aromatic heterocycles. The van der Waals surface area contributed by atoms with Crippen molar-refractivity contribution in [2.24, 2.45) is 5.73 Å². The van der Waals surface area contributed by atoms with E-state index in [1.807, 2.05) is 0 Å². The molecule has 0 saturated heterocycles. The Bertz CT molecular complexity index is 219. The van der Waals surface area contributed by atoms with Crippen molar-refractivity contribution in [3.05, 3.63) is 5.82 Å². The molecule has 0 radical (unpaired) electrons. The molecule has 0 aliphatic rings. The summed E-state index contributed by atoms with van der Waals surface area (Å²) in [5.74, 6) is 0.927. The van der Waals surface area contributed by atoms with Crippen LogP contribution in [0.4, 0.5) is 5.95 Å². The van der Waals surface area contributed by atoms with Crippen LogP contribution in [0, 0.1) is 0 Å². The molecular weight excluding hydrogens is 142 g/mol. The number of hydrogen-bond donors (Lipinski definition) is 3. The first-order valence-electron chi connectivity index (χ1n) is 3.67. The zero-order valence-electron chi connectivity index (χ0n) is 6.54. The van der Waals surface area contributed by atoms with E-state index < -0.39 is 0 Å². The maximum atomic E-state index is 5.73.